The second kappa shape index (κ2) is 6.48. The van der Waals surface area contributed by atoms with E-state index in [4.69, 9.17) is 0 Å². The average Bonchev–Trinajstić information content (AvgIpc) is 2.55. The second-order valence-corrected chi connectivity index (χ2v) is 5.92. The number of hydrogen-bond donors (Lipinski definition) is 1. The number of carbonyl (C=O) groups excluding carboxylic acids is 1. The molecule has 2 aromatic rings. The molecule has 1 fully saturated rings. The van der Waals surface area contributed by atoms with Gasteiger partial charge in [0.1, 0.15) is 11.3 Å². The molecule has 6 heteroatoms. The third-order valence-corrected chi connectivity index (χ3v) is 4.45. The molecule has 1 aromatic heterocycles. The van der Waals surface area contributed by atoms with E-state index >= 15 is 0 Å². The number of aromatic nitrogens is 1. The zero-order valence-corrected chi connectivity index (χ0v) is 13.0. The van der Waals surface area contributed by atoms with Crippen LogP contribution in [0, 0.1) is 17.6 Å². The van der Waals surface area contributed by atoms with Crippen LogP contribution < -0.4 is 10.2 Å². The predicted octanol–water partition coefficient (Wildman–Crippen LogP) is 2.87. The number of amides is 1. The van der Waals surface area contributed by atoms with Gasteiger partial charge in [0, 0.05) is 49.9 Å². The highest BCUT2D eigenvalue weighted by atomic mass is 19.1. The lowest BCUT2D eigenvalue weighted by molar-refractivity contribution is -0.121. The van der Waals surface area contributed by atoms with Crippen LogP contribution in [-0.4, -0.2) is 31.0 Å². The summed E-state index contributed by atoms with van der Waals surface area (Å²) in [4.78, 5) is 17.6. The molecule has 0 aliphatic carbocycles. The lowest BCUT2D eigenvalue weighted by Gasteiger charge is -2.34. The van der Waals surface area contributed by atoms with E-state index in [0.717, 1.165) is 37.7 Å². The van der Waals surface area contributed by atoms with Gasteiger partial charge in [-0.3, -0.25) is 9.78 Å². The van der Waals surface area contributed by atoms with Crippen molar-refractivity contribution in [3.63, 3.8) is 0 Å². The molecule has 0 atom stereocenters. The van der Waals surface area contributed by atoms with Crippen molar-refractivity contribution in [2.75, 3.05) is 25.0 Å². The zero-order valence-electron chi connectivity index (χ0n) is 13.0. The minimum atomic E-state index is -0.642. The highest BCUT2D eigenvalue weighted by Gasteiger charge is 2.23. The van der Waals surface area contributed by atoms with Crippen LogP contribution in [0.4, 0.5) is 14.5 Å². The number of halogens is 2. The molecular weight excluding hydrogens is 300 g/mol. The van der Waals surface area contributed by atoms with Gasteiger partial charge in [-0.25, -0.2) is 8.78 Å². The first-order valence-electron chi connectivity index (χ1n) is 7.77. The van der Waals surface area contributed by atoms with Crippen LogP contribution in [0.5, 0.6) is 0 Å². The lowest BCUT2D eigenvalue weighted by atomic mass is 9.92. The van der Waals surface area contributed by atoms with E-state index in [1.807, 2.05) is 0 Å². The molecule has 1 saturated heterocycles. The summed E-state index contributed by atoms with van der Waals surface area (Å²) in [5.41, 5.74) is 0.989. The van der Waals surface area contributed by atoms with Crippen molar-refractivity contribution in [1.82, 2.24) is 10.3 Å². The number of nitrogens with one attached hydrogen (secondary N) is 1. The normalized spacial score (nSPS) is 15.9. The number of piperidine rings is 1. The van der Waals surface area contributed by atoms with Crippen molar-refractivity contribution in [2.45, 2.75) is 19.3 Å². The molecule has 0 saturated carbocycles. The monoisotopic (exact) mass is 319 g/mol. The first-order chi connectivity index (χ1) is 11.1. The second-order valence-electron chi connectivity index (χ2n) is 5.92. The quantitative estimate of drug-likeness (QED) is 0.946. The predicted molar refractivity (Wildman–Crippen MR) is 85.3 cm³/mol. The largest absolute Gasteiger partial charge is 0.371 e. The van der Waals surface area contributed by atoms with Crippen LogP contribution in [0.25, 0.3) is 10.9 Å². The molecule has 0 spiro atoms. The smallest absolute Gasteiger partial charge is 0.220 e. The van der Waals surface area contributed by atoms with Crippen molar-refractivity contribution < 1.29 is 13.6 Å². The summed E-state index contributed by atoms with van der Waals surface area (Å²) in [7, 11) is 1.64. The number of rotatable bonds is 3. The first-order valence-corrected chi connectivity index (χ1v) is 7.77. The maximum absolute atomic E-state index is 13.9. The van der Waals surface area contributed by atoms with Gasteiger partial charge in [-0.1, -0.05) is 0 Å². The molecule has 1 N–H and O–H groups in total. The van der Waals surface area contributed by atoms with Crippen molar-refractivity contribution in [2.24, 2.45) is 5.92 Å². The third-order valence-electron chi connectivity index (χ3n) is 4.45. The summed E-state index contributed by atoms with van der Waals surface area (Å²) >= 11 is 0. The van der Waals surface area contributed by atoms with E-state index in [9.17, 15) is 13.6 Å². The van der Waals surface area contributed by atoms with Crippen LogP contribution >= 0.6 is 0 Å². The summed E-state index contributed by atoms with van der Waals surface area (Å²) < 4.78 is 27.4. The molecule has 4 nitrogen and oxygen atoms in total. The van der Waals surface area contributed by atoms with Crippen LogP contribution in [0.15, 0.2) is 24.4 Å². The summed E-state index contributed by atoms with van der Waals surface area (Å²) in [5, 5.41) is 3.14. The number of benzene rings is 1. The van der Waals surface area contributed by atoms with Gasteiger partial charge in [-0.15, -0.1) is 0 Å². The zero-order chi connectivity index (χ0) is 16.4. The topological polar surface area (TPSA) is 45.2 Å². The molecule has 3 rings (SSSR count). The highest BCUT2D eigenvalue weighted by Crippen LogP contribution is 2.31. The fourth-order valence-electron chi connectivity index (χ4n) is 3.18. The van der Waals surface area contributed by atoms with Gasteiger partial charge in [-0.05, 0) is 30.9 Å². The Morgan fingerprint density at radius 1 is 1.35 bits per heavy atom. The number of pyridine rings is 1. The molecule has 1 aliphatic rings. The van der Waals surface area contributed by atoms with E-state index < -0.39 is 11.6 Å². The summed E-state index contributed by atoms with van der Waals surface area (Å²) in [5.74, 6) is -0.829. The number of fused-ring (bicyclic) bond motifs is 1. The van der Waals surface area contributed by atoms with Crippen molar-refractivity contribution in [3.8, 4) is 0 Å². The van der Waals surface area contributed by atoms with E-state index in [1.165, 1.54) is 6.07 Å². The molecule has 1 aromatic carbocycles. The van der Waals surface area contributed by atoms with Crippen molar-refractivity contribution in [3.05, 3.63) is 36.0 Å². The van der Waals surface area contributed by atoms with Crippen molar-refractivity contribution in [1.29, 1.82) is 0 Å². The summed E-state index contributed by atoms with van der Waals surface area (Å²) in [6, 6.07) is 3.98. The number of hydrogen-bond acceptors (Lipinski definition) is 3. The third kappa shape index (κ3) is 3.25. The average molecular weight is 319 g/mol. The molecule has 23 heavy (non-hydrogen) atoms. The maximum atomic E-state index is 13.9. The fourth-order valence-corrected chi connectivity index (χ4v) is 3.18. The Labute approximate surface area is 133 Å². The van der Waals surface area contributed by atoms with E-state index in [1.54, 1.807) is 19.3 Å². The Morgan fingerprint density at radius 3 is 2.78 bits per heavy atom. The summed E-state index contributed by atoms with van der Waals surface area (Å²) in [6.45, 7) is 1.53. The molecule has 0 bridgehead atoms. The van der Waals surface area contributed by atoms with E-state index in [-0.39, 0.29) is 11.4 Å². The minimum absolute atomic E-state index is 0.0574. The fraction of sp³-hybridized carbons (Fsp3) is 0.412. The molecule has 0 radical (unpaired) electrons. The maximum Gasteiger partial charge on any atom is 0.220 e. The Kier molecular flexibility index (Phi) is 4.41. The molecule has 1 amide bonds. The Balaban J connectivity index is 1.81. The van der Waals surface area contributed by atoms with Crippen LogP contribution in [0.3, 0.4) is 0 Å². The highest BCUT2D eigenvalue weighted by molar-refractivity contribution is 5.92. The number of carbonyl (C=O) groups is 1. The Hall–Kier alpha value is -2.24. The molecule has 122 valence electrons. The van der Waals surface area contributed by atoms with Gasteiger partial charge in [0.05, 0.1) is 0 Å². The minimum Gasteiger partial charge on any atom is -0.371 e. The Bertz CT molecular complexity index is 727. The molecule has 1 aliphatic heterocycles. The van der Waals surface area contributed by atoms with Gasteiger partial charge in [0.2, 0.25) is 5.91 Å². The van der Waals surface area contributed by atoms with Gasteiger partial charge in [-0.2, -0.15) is 0 Å². The van der Waals surface area contributed by atoms with E-state index in [2.05, 4.69) is 15.2 Å². The molecule has 2 heterocycles. The summed E-state index contributed by atoms with van der Waals surface area (Å²) in [6.07, 6.45) is 3.85. The van der Waals surface area contributed by atoms with Crippen molar-refractivity contribution >= 4 is 22.5 Å². The first kappa shape index (κ1) is 15.6. The Morgan fingerprint density at radius 2 is 2.09 bits per heavy atom. The molecular formula is C17H19F2N3O. The lowest BCUT2D eigenvalue weighted by Crippen LogP contribution is -2.35. The number of nitrogens with zero attached hydrogens (tertiary/aromatic N) is 2. The van der Waals surface area contributed by atoms with Crippen LogP contribution in [0.1, 0.15) is 19.3 Å². The van der Waals surface area contributed by atoms with E-state index in [0.29, 0.717) is 17.7 Å². The number of anilines is 1. The SMILES string of the molecule is CNC(=O)CC1CCN(c2ccnc3c(F)cc(F)cc23)CC1. The van der Waals surface area contributed by atoms with Gasteiger partial charge >= 0.3 is 0 Å². The van der Waals surface area contributed by atoms with Gasteiger partial charge in [0.15, 0.2) is 5.82 Å². The van der Waals surface area contributed by atoms with Gasteiger partial charge < -0.3 is 10.2 Å². The standard InChI is InChI=1S/C17H19F2N3O/c1-20-16(23)8-11-3-6-22(7-4-11)15-2-5-21-17-13(15)9-12(18)10-14(17)19/h2,5,9-11H,3-4,6-8H2,1H3,(H,20,23). The molecule has 0 unspecified atom stereocenters. The van der Waals surface area contributed by atoms with Gasteiger partial charge in [0.25, 0.3) is 0 Å². The van der Waals surface area contributed by atoms with Crippen LogP contribution in [-0.2, 0) is 4.79 Å². The van der Waals surface area contributed by atoms with Crippen LogP contribution in [0.2, 0.25) is 0 Å².